The highest BCUT2D eigenvalue weighted by Gasteiger charge is 2.51. The highest BCUT2D eigenvalue weighted by Crippen LogP contribution is 2.39. The van der Waals surface area contributed by atoms with Gasteiger partial charge >= 0.3 is 0 Å². The summed E-state index contributed by atoms with van der Waals surface area (Å²) in [6, 6.07) is 0. The predicted octanol–water partition coefficient (Wildman–Crippen LogP) is 1.67. The Bertz CT molecular complexity index is 413. The van der Waals surface area contributed by atoms with Crippen molar-refractivity contribution < 1.29 is 9.53 Å². The summed E-state index contributed by atoms with van der Waals surface area (Å²) >= 11 is 0. The Morgan fingerprint density at radius 2 is 2.30 bits per heavy atom. The van der Waals surface area contributed by atoms with Gasteiger partial charge in [-0.2, -0.15) is 0 Å². The molecule has 2 fully saturated rings. The maximum Gasteiger partial charge on any atom is 0.249 e. The molecule has 0 N–H and O–H groups in total. The van der Waals surface area contributed by atoms with Gasteiger partial charge in [0.05, 0.1) is 5.54 Å². The van der Waals surface area contributed by atoms with Gasteiger partial charge in [-0.1, -0.05) is 6.08 Å². The molecule has 4 nitrogen and oxygen atoms in total. The molecular weight excluding hydrogens is 252 g/mol. The molecular formula is C16H26N2O2. The first-order chi connectivity index (χ1) is 9.64. The number of hydrogen-bond donors (Lipinski definition) is 0. The number of amides is 1. The van der Waals surface area contributed by atoms with Gasteiger partial charge in [-0.05, 0) is 51.6 Å². The van der Waals surface area contributed by atoms with E-state index in [1.54, 1.807) is 7.11 Å². The lowest BCUT2D eigenvalue weighted by Crippen LogP contribution is -2.72. The van der Waals surface area contributed by atoms with Gasteiger partial charge in [-0.25, -0.2) is 0 Å². The number of likely N-dealkylation sites (N-methyl/N-ethyl adjacent to an activating group) is 1. The van der Waals surface area contributed by atoms with Crippen molar-refractivity contribution in [3.63, 3.8) is 0 Å². The predicted molar refractivity (Wildman–Crippen MR) is 78.5 cm³/mol. The molecule has 3 aliphatic rings. The monoisotopic (exact) mass is 278 g/mol. The van der Waals surface area contributed by atoms with Gasteiger partial charge in [0.1, 0.15) is 0 Å². The van der Waals surface area contributed by atoms with E-state index in [-0.39, 0.29) is 11.4 Å². The quantitative estimate of drug-likeness (QED) is 0.787. The Morgan fingerprint density at radius 3 is 2.95 bits per heavy atom. The summed E-state index contributed by atoms with van der Waals surface area (Å²) in [5, 5.41) is 0. The SMILES string of the molecule is COC[C@H]1CCN(C)C2(C1)CN(C(=O)C1=CCCC1)C2. The number of nitrogens with zero attached hydrogens (tertiary/aromatic N) is 2. The molecule has 0 aromatic heterocycles. The first kappa shape index (κ1) is 14.1. The number of likely N-dealkylation sites (tertiary alicyclic amines) is 2. The summed E-state index contributed by atoms with van der Waals surface area (Å²) in [6.07, 6.45) is 7.72. The highest BCUT2D eigenvalue weighted by atomic mass is 16.5. The minimum Gasteiger partial charge on any atom is -0.384 e. The second-order valence-corrected chi connectivity index (χ2v) is 6.74. The lowest BCUT2D eigenvalue weighted by molar-refractivity contribution is -0.146. The van der Waals surface area contributed by atoms with Crippen molar-refractivity contribution in [3.8, 4) is 0 Å². The fourth-order valence-corrected chi connectivity index (χ4v) is 4.03. The van der Waals surface area contributed by atoms with Gasteiger partial charge < -0.3 is 9.64 Å². The van der Waals surface area contributed by atoms with Crippen LogP contribution < -0.4 is 0 Å². The van der Waals surface area contributed by atoms with Crippen molar-refractivity contribution in [2.45, 2.75) is 37.6 Å². The molecule has 0 radical (unpaired) electrons. The zero-order valence-corrected chi connectivity index (χ0v) is 12.7. The van der Waals surface area contributed by atoms with Crippen LogP contribution in [0.1, 0.15) is 32.1 Å². The number of allylic oxidation sites excluding steroid dienone is 1. The van der Waals surface area contributed by atoms with E-state index in [4.69, 9.17) is 4.74 Å². The zero-order chi connectivity index (χ0) is 14.2. The number of rotatable bonds is 3. The molecule has 2 saturated heterocycles. The van der Waals surface area contributed by atoms with Gasteiger partial charge in [-0.15, -0.1) is 0 Å². The minimum absolute atomic E-state index is 0.219. The van der Waals surface area contributed by atoms with E-state index in [0.717, 1.165) is 51.1 Å². The molecule has 1 atom stereocenters. The molecule has 2 aliphatic heterocycles. The molecule has 112 valence electrons. The summed E-state index contributed by atoms with van der Waals surface area (Å²) in [7, 11) is 3.99. The van der Waals surface area contributed by atoms with Crippen LogP contribution in [0, 0.1) is 5.92 Å². The van der Waals surface area contributed by atoms with E-state index in [0.29, 0.717) is 5.92 Å². The molecule has 0 saturated carbocycles. The Labute approximate surface area is 121 Å². The summed E-state index contributed by atoms with van der Waals surface area (Å²) in [6.45, 7) is 3.78. The Balaban J connectivity index is 1.60. The van der Waals surface area contributed by atoms with Gasteiger partial charge in [0.15, 0.2) is 0 Å². The summed E-state index contributed by atoms with van der Waals surface area (Å²) in [5.41, 5.74) is 1.27. The molecule has 2 heterocycles. The van der Waals surface area contributed by atoms with Crippen molar-refractivity contribution in [3.05, 3.63) is 11.6 Å². The fraction of sp³-hybridized carbons (Fsp3) is 0.812. The van der Waals surface area contributed by atoms with Crippen LogP contribution in [0.25, 0.3) is 0 Å². The first-order valence-electron chi connectivity index (χ1n) is 7.83. The largest absolute Gasteiger partial charge is 0.384 e. The number of methoxy groups -OCH3 is 1. The van der Waals surface area contributed by atoms with Crippen LogP contribution in [0.4, 0.5) is 0 Å². The van der Waals surface area contributed by atoms with E-state index in [2.05, 4.69) is 18.0 Å². The van der Waals surface area contributed by atoms with Crippen molar-refractivity contribution >= 4 is 5.91 Å². The molecule has 1 aliphatic carbocycles. The Kier molecular flexibility index (Phi) is 3.87. The van der Waals surface area contributed by atoms with Crippen LogP contribution in [0.3, 0.4) is 0 Å². The first-order valence-corrected chi connectivity index (χ1v) is 7.83. The van der Waals surface area contributed by atoms with Gasteiger partial charge in [0.2, 0.25) is 5.91 Å². The van der Waals surface area contributed by atoms with Crippen LogP contribution in [0.2, 0.25) is 0 Å². The maximum atomic E-state index is 12.4. The third-order valence-corrected chi connectivity index (χ3v) is 5.33. The van der Waals surface area contributed by atoms with Crippen LogP contribution in [-0.2, 0) is 9.53 Å². The van der Waals surface area contributed by atoms with Crippen LogP contribution in [0.5, 0.6) is 0 Å². The third kappa shape index (κ3) is 2.40. The van der Waals surface area contributed by atoms with Crippen molar-refractivity contribution in [2.75, 3.05) is 40.4 Å². The lowest BCUT2D eigenvalue weighted by Gasteiger charge is -2.58. The van der Waals surface area contributed by atoms with Crippen molar-refractivity contribution in [1.82, 2.24) is 9.80 Å². The van der Waals surface area contributed by atoms with E-state index >= 15 is 0 Å². The molecule has 0 aromatic carbocycles. The second-order valence-electron chi connectivity index (χ2n) is 6.74. The molecule has 0 bridgehead atoms. The third-order valence-electron chi connectivity index (χ3n) is 5.33. The van der Waals surface area contributed by atoms with Crippen LogP contribution in [-0.4, -0.2) is 61.6 Å². The maximum absolute atomic E-state index is 12.4. The van der Waals surface area contributed by atoms with Gasteiger partial charge in [0, 0.05) is 32.4 Å². The number of hydrogen-bond acceptors (Lipinski definition) is 3. The summed E-state index contributed by atoms with van der Waals surface area (Å²) in [5.74, 6) is 0.939. The lowest BCUT2D eigenvalue weighted by atomic mass is 9.75. The highest BCUT2D eigenvalue weighted by molar-refractivity contribution is 5.94. The fourth-order valence-electron chi connectivity index (χ4n) is 4.03. The van der Waals surface area contributed by atoms with E-state index in [1.165, 1.54) is 12.8 Å². The average molecular weight is 278 g/mol. The molecule has 0 unspecified atom stereocenters. The number of piperidine rings is 1. The molecule has 1 spiro atoms. The van der Waals surface area contributed by atoms with Crippen molar-refractivity contribution in [1.29, 1.82) is 0 Å². The van der Waals surface area contributed by atoms with Crippen LogP contribution >= 0.6 is 0 Å². The standard InChI is InChI=1S/C16H26N2O2/c1-17-8-7-13(10-20-2)9-16(17)11-18(12-16)15(19)14-5-3-4-6-14/h5,13H,3-4,6-12H2,1-2H3/t13-/m0/s1. The average Bonchev–Trinajstić information content (AvgIpc) is 2.92. The molecule has 20 heavy (non-hydrogen) atoms. The van der Waals surface area contributed by atoms with E-state index < -0.39 is 0 Å². The van der Waals surface area contributed by atoms with Gasteiger partial charge in [-0.3, -0.25) is 9.69 Å². The zero-order valence-electron chi connectivity index (χ0n) is 12.7. The normalized spacial score (nSPS) is 29.4. The second kappa shape index (κ2) is 5.49. The van der Waals surface area contributed by atoms with E-state index in [1.807, 2.05) is 4.90 Å². The number of carbonyl (C=O) groups is 1. The van der Waals surface area contributed by atoms with Crippen molar-refractivity contribution in [2.24, 2.45) is 5.92 Å². The van der Waals surface area contributed by atoms with Crippen LogP contribution in [0.15, 0.2) is 11.6 Å². The Hall–Kier alpha value is -0.870. The molecule has 0 aromatic rings. The Morgan fingerprint density at radius 1 is 1.50 bits per heavy atom. The van der Waals surface area contributed by atoms with Gasteiger partial charge in [0.25, 0.3) is 0 Å². The molecule has 1 amide bonds. The topological polar surface area (TPSA) is 32.8 Å². The molecule has 3 rings (SSSR count). The number of carbonyl (C=O) groups excluding carboxylic acids is 1. The minimum atomic E-state index is 0.219. The summed E-state index contributed by atoms with van der Waals surface area (Å²) < 4.78 is 5.33. The molecule has 4 heteroatoms. The smallest absolute Gasteiger partial charge is 0.249 e. The van der Waals surface area contributed by atoms with E-state index in [9.17, 15) is 4.79 Å². The summed E-state index contributed by atoms with van der Waals surface area (Å²) in [4.78, 5) is 16.9. The number of ether oxygens (including phenoxy) is 1.